The van der Waals surface area contributed by atoms with Crippen LogP contribution in [0.25, 0.3) is 5.82 Å². The van der Waals surface area contributed by atoms with E-state index >= 15 is 0 Å². The van der Waals surface area contributed by atoms with Crippen LogP contribution in [0.3, 0.4) is 0 Å². The normalized spacial score (nSPS) is 14.8. The molecule has 0 spiro atoms. The van der Waals surface area contributed by atoms with Gasteiger partial charge in [-0.05, 0) is 6.42 Å². The Kier molecular flexibility index (Phi) is 3.76. The summed E-state index contributed by atoms with van der Waals surface area (Å²) in [6, 6.07) is 1.84. The first-order valence-corrected chi connectivity index (χ1v) is 6.97. The molecule has 1 N–H and O–H groups in total. The molecule has 0 bridgehead atoms. The molecule has 2 aromatic heterocycles. The fraction of sp³-hybridized carbons (Fsp3) is 0.462. The van der Waals surface area contributed by atoms with Crippen LogP contribution in [0.5, 0.6) is 0 Å². The lowest BCUT2D eigenvalue weighted by molar-refractivity contribution is -0.125. The lowest BCUT2D eigenvalue weighted by Crippen LogP contribution is -2.54. The highest BCUT2D eigenvalue weighted by Crippen LogP contribution is 2.23. The topological polar surface area (TPSA) is 88.8 Å². The van der Waals surface area contributed by atoms with Crippen molar-refractivity contribution in [3.63, 3.8) is 0 Å². The van der Waals surface area contributed by atoms with Crippen molar-refractivity contribution in [2.75, 3.05) is 24.5 Å². The summed E-state index contributed by atoms with van der Waals surface area (Å²) in [7, 11) is 0. The molecule has 1 aliphatic heterocycles. The summed E-state index contributed by atoms with van der Waals surface area (Å²) in [6.07, 6.45) is 5.49. The van der Waals surface area contributed by atoms with Gasteiger partial charge < -0.3 is 10.2 Å². The summed E-state index contributed by atoms with van der Waals surface area (Å²) in [5, 5.41) is 6.96. The van der Waals surface area contributed by atoms with Crippen molar-refractivity contribution in [1.29, 1.82) is 0 Å². The molecule has 0 aromatic carbocycles. The van der Waals surface area contributed by atoms with Crippen LogP contribution in [0, 0.1) is 5.92 Å². The van der Waals surface area contributed by atoms with Gasteiger partial charge in [-0.25, -0.2) is 19.6 Å². The van der Waals surface area contributed by atoms with Crippen molar-refractivity contribution in [2.24, 2.45) is 5.92 Å². The van der Waals surface area contributed by atoms with Crippen molar-refractivity contribution in [2.45, 2.75) is 13.3 Å². The van der Waals surface area contributed by atoms with E-state index in [1.807, 2.05) is 13.0 Å². The molecule has 2 aromatic rings. The van der Waals surface area contributed by atoms with E-state index in [-0.39, 0.29) is 11.8 Å². The fourth-order valence-corrected chi connectivity index (χ4v) is 2.19. The number of carbonyl (C=O) groups is 1. The Balaban J connectivity index is 1.62. The number of nitrogens with one attached hydrogen (secondary N) is 1. The molecule has 8 nitrogen and oxygen atoms in total. The van der Waals surface area contributed by atoms with Crippen LogP contribution >= 0.6 is 0 Å². The van der Waals surface area contributed by atoms with Gasteiger partial charge in [0.15, 0.2) is 5.82 Å². The van der Waals surface area contributed by atoms with Crippen molar-refractivity contribution in [3.05, 3.63) is 25.0 Å². The number of anilines is 1. The van der Waals surface area contributed by atoms with Crippen LogP contribution < -0.4 is 10.2 Å². The highest BCUT2D eigenvalue weighted by atomic mass is 16.2. The second-order valence-electron chi connectivity index (χ2n) is 4.97. The third-order valence-corrected chi connectivity index (χ3v) is 3.42. The van der Waals surface area contributed by atoms with E-state index in [1.165, 1.54) is 12.7 Å². The van der Waals surface area contributed by atoms with Crippen LogP contribution in [0.4, 0.5) is 5.82 Å². The van der Waals surface area contributed by atoms with E-state index in [9.17, 15) is 4.79 Å². The maximum Gasteiger partial charge on any atom is 0.226 e. The lowest BCUT2D eigenvalue weighted by Gasteiger charge is -2.39. The van der Waals surface area contributed by atoms with Gasteiger partial charge in [0.2, 0.25) is 5.91 Å². The van der Waals surface area contributed by atoms with Gasteiger partial charge in [-0.2, -0.15) is 5.10 Å². The third kappa shape index (κ3) is 2.83. The minimum Gasteiger partial charge on any atom is -0.356 e. The highest BCUT2D eigenvalue weighted by molar-refractivity contribution is 5.81. The number of rotatable bonds is 5. The summed E-state index contributed by atoms with van der Waals surface area (Å²) in [5.74, 6) is 1.63. The molecule has 0 radical (unpaired) electrons. The van der Waals surface area contributed by atoms with Crippen LogP contribution in [0.15, 0.2) is 25.0 Å². The molecule has 3 heterocycles. The Hall–Kier alpha value is -2.51. The molecule has 3 rings (SSSR count). The van der Waals surface area contributed by atoms with E-state index in [2.05, 4.69) is 30.3 Å². The molecule has 1 amide bonds. The number of aromatic nitrogens is 5. The number of amides is 1. The van der Waals surface area contributed by atoms with Gasteiger partial charge in [0.1, 0.15) is 24.8 Å². The number of nitrogens with zero attached hydrogens (tertiary/aromatic N) is 6. The lowest BCUT2D eigenvalue weighted by atomic mass is 9.99. The van der Waals surface area contributed by atoms with Crippen LogP contribution in [0.2, 0.25) is 0 Å². The quantitative estimate of drug-likeness (QED) is 0.834. The predicted octanol–water partition coefficient (Wildman–Crippen LogP) is 0.0197. The van der Waals surface area contributed by atoms with Gasteiger partial charge in [0, 0.05) is 25.7 Å². The second kappa shape index (κ2) is 5.86. The summed E-state index contributed by atoms with van der Waals surface area (Å²) in [6.45, 7) is 4.14. The number of hydrogen-bond donors (Lipinski definition) is 1. The molecule has 0 saturated carbocycles. The monoisotopic (exact) mass is 287 g/mol. The van der Waals surface area contributed by atoms with Gasteiger partial charge in [0.05, 0.1) is 5.92 Å². The average Bonchev–Trinajstić information content (AvgIpc) is 2.98. The average molecular weight is 287 g/mol. The SMILES string of the molecule is CCCNC(=O)C1CN(c2cc(-n3cncn3)ncn2)C1. The zero-order valence-electron chi connectivity index (χ0n) is 11.8. The molecule has 0 atom stereocenters. The predicted molar refractivity (Wildman–Crippen MR) is 76.0 cm³/mol. The highest BCUT2D eigenvalue weighted by Gasteiger charge is 2.33. The maximum atomic E-state index is 11.8. The van der Waals surface area contributed by atoms with Crippen molar-refractivity contribution in [1.82, 2.24) is 30.0 Å². The molecule has 21 heavy (non-hydrogen) atoms. The second-order valence-corrected chi connectivity index (χ2v) is 4.97. The van der Waals surface area contributed by atoms with Gasteiger partial charge >= 0.3 is 0 Å². The molecule has 0 aliphatic carbocycles. The summed E-state index contributed by atoms with van der Waals surface area (Å²) in [5.41, 5.74) is 0. The van der Waals surface area contributed by atoms with Gasteiger partial charge in [-0.15, -0.1) is 0 Å². The summed E-state index contributed by atoms with van der Waals surface area (Å²) in [4.78, 5) is 26.2. The Morgan fingerprint density at radius 3 is 2.86 bits per heavy atom. The van der Waals surface area contributed by atoms with E-state index < -0.39 is 0 Å². The van der Waals surface area contributed by atoms with Crippen molar-refractivity contribution < 1.29 is 4.79 Å². The van der Waals surface area contributed by atoms with E-state index in [0.717, 1.165) is 18.8 Å². The van der Waals surface area contributed by atoms with Crippen molar-refractivity contribution >= 4 is 11.7 Å². The first kappa shape index (κ1) is 13.5. The molecule has 1 saturated heterocycles. The molecule has 1 fully saturated rings. The standard InChI is InChI=1S/C13H17N7O/c1-2-3-15-13(21)10-5-19(6-10)11-4-12(17-8-16-11)20-9-14-7-18-20/h4,7-10H,2-3,5-6H2,1H3,(H,15,21). The minimum atomic E-state index is 0.0429. The first-order chi connectivity index (χ1) is 10.3. The zero-order valence-corrected chi connectivity index (χ0v) is 11.8. The van der Waals surface area contributed by atoms with Gasteiger partial charge in [0.25, 0.3) is 0 Å². The molecule has 110 valence electrons. The number of hydrogen-bond acceptors (Lipinski definition) is 6. The van der Waals surface area contributed by atoms with Crippen LogP contribution in [0.1, 0.15) is 13.3 Å². The molecule has 0 unspecified atom stereocenters. The van der Waals surface area contributed by atoms with E-state index in [4.69, 9.17) is 0 Å². The third-order valence-electron chi connectivity index (χ3n) is 3.42. The number of carbonyl (C=O) groups excluding carboxylic acids is 1. The molecule has 1 aliphatic rings. The smallest absolute Gasteiger partial charge is 0.226 e. The van der Waals surface area contributed by atoms with Gasteiger partial charge in [-0.1, -0.05) is 6.92 Å². The van der Waals surface area contributed by atoms with E-state index in [0.29, 0.717) is 18.9 Å². The zero-order chi connectivity index (χ0) is 14.7. The fourth-order valence-electron chi connectivity index (χ4n) is 2.19. The van der Waals surface area contributed by atoms with Crippen LogP contribution in [-0.2, 0) is 4.79 Å². The molecular formula is C13H17N7O. The summed E-state index contributed by atoms with van der Waals surface area (Å²) < 4.78 is 1.58. The first-order valence-electron chi connectivity index (χ1n) is 6.97. The van der Waals surface area contributed by atoms with Gasteiger partial charge in [-0.3, -0.25) is 4.79 Å². The Morgan fingerprint density at radius 2 is 2.14 bits per heavy atom. The van der Waals surface area contributed by atoms with E-state index in [1.54, 1.807) is 11.0 Å². The maximum absolute atomic E-state index is 11.8. The molecular weight excluding hydrogens is 270 g/mol. The Labute approximate surface area is 122 Å². The minimum absolute atomic E-state index is 0.0429. The largest absolute Gasteiger partial charge is 0.356 e. The molecule has 8 heteroatoms. The van der Waals surface area contributed by atoms with Crippen molar-refractivity contribution in [3.8, 4) is 5.82 Å². The summed E-state index contributed by atoms with van der Waals surface area (Å²) >= 11 is 0. The van der Waals surface area contributed by atoms with Crippen LogP contribution in [-0.4, -0.2) is 50.3 Å². The Morgan fingerprint density at radius 1 is 1.33 bits per heavy atom. The Bertz CT molecular complexity index is 607.